The van der Waals surface area contributed by atoms with Gasteiger partial charge in [-0.3, -0.25) is 4.98 Å². The van der Waals surface area contributed by atoms with Crippen molar-refractivity contribution in [1.82, 2.24) is 15.2 Å². The van der Waals surface area contributed by atoms with Crippen LogP contribution in [0, 0.1) is 6.92 Å². The maximum Gasteiger partial charge on any atom is 0.170 e. The van der Waals surface area contributed by atoms with Gasteiger partial charge in [0.2, 0.25) is 0 Å². The second-order valence-electron chi connectivity index (χ2n) is 6.93. The predicted octanol–water partition coefficient (Wildman–Crippen LogP) is 4.93. The highest BCUT2D eigenvalue weighted by Gasteiger charge is 2.40. The van der Waals surface area contributed by atoms with E-state index in [0.29, 0.717) is 0 Å². The van der Waals surface area contributed by atoms with Crippen LogP contribution in [-0.4, -0.2) is 28.1 Å². The Hall–Kier alpha value is -2.44. The Labute approximate surface area is 175 Å². The van der Waals surface area contributed by atoms with Gasteiger partial charge in [0.15, 0.2) is 5.11 Å². The van der Waals surface area contributed by atoms with Crippen LogP contribution in [0.4, 0.5) is 5.69 Å². The Bertz CT molecular complexity index is 911. The standard InChI is InChI=1S/C22H24N4S2/c1-16-11-15-28-21(16)20-19(18-10-5-6-12-24-18)25-22(27)26(20)14-7-13-23-17-8-3-2-4-9-17/h2-6,8-12,15,19-20,23H,7,13-14H2,1H3,(H,25,27)/t19-,20+/m1/s1. The summed E-state index contributed by atoms with van der Waals surface area (Å²) in [5.74, 6) is 0. The van der Waals surface area contributed by atoms with Crippen molar-refractivity contribution in [3.05, 3.63) is 82.3 Å². The number of aromatic nitrogens is 1. The van der Waals surface area contributed by atoms with Crippen molar-refractivity contribution in [3.8, 4) is 0 Å². The molecule has 6 heteroatoms. The molecule has 4 nitrogen and oxygen atoms in total. The first-order chi connectivity index (χ1) is 13.7. The van der Waals surface area contributed by atoms with E-state index in [1.165, 1.54) is 10.4 Å². The van der Waals surface area contributed by atoms with E-state index in [4.69, 9.17) is 12.2 Å². The van der Waals surface area contributed by atoms with Gasteiger partial charge >= 0.3 is 0 Å². The van der Waals surface area contributed by atoms with Crippen LogP contribution in [-0.2, 0) is 0 Å². The summed E-state index contributed by atoms with van der Waals surface area (Å²) in [6.07, 6.45) is 2.86. The predicted molar refractivity (Wildman–Crippen MR) is 121 cm³/mol. The Morgan fingerprint density at radius 3 is 2.68 bits per heavy atom. The number of thiophene rings is 1. The summed E-state index contributed by atoms with van der Waals surface area (Å²) in [6.45, 7) is 3.99. The molecule has 1 aromatic carbocycles. The molecule has 0 unspecified atom stereocenters. The quantitative estimate of drug-likeness (QED) is 0.429. The third kappa shape index (κ3) is 4.03. The highest BCUT2D eigenvalue weighted by atomic mass is 32.1. The van der Waals surface area contributed by atoms with Crippen molar-refractivity contribution in [3.63, 3.8) is 0 Å². The van der Waals surface area contributed by atoms with E-state index >= 15 is 0 Å². The number of nitrogens with zero attached hydrogens (tertiary/aromatic N) is 2. The molecule has 0 aliphatic carbocycles. The summed E-state index contributed by atoms with van der Waals surface area (Å²) in [5.41, 5.74) is 3.50. The zero-order chi connectivity index (χ0) is 19.3. The molecule has 0 bridgehead atoms. The van der Waals surface area contributed by atoms with Crippen molar-refractivity contribution in [1.29, 1.82) is 0 Å². The van der Waals surface area contributed by atoms with Crippen molar-refractivity contribution in [2.24, 2.45) is 0 Å². The SMILES string of the molecule is Cc1ccsc1[C@@H]1[C@@H](c2ccccn2)NC(=S)N1CCCNc1ccccc1. The molecular weight excluding hydrogens is 384 g/mol. The van der Waals surface area contributed by atoms with Gasteiger partial charge in [0.25, 0.3) is 0 Å². The topological polar surface area (TPSA) is 40.2 Å². The van der Waals surface area contributed by atoms with Crippen molar-refractivity contribution in [2.75, 3.05) is 18.4 Å². The molecule has 1 aliphatic heterocycles. The molecule has 2 N–H and O–H groups in total. The number of hydrogen-bond donors (Lipinski definition) is 2. The van der Waals surface area contributed by atoms with Crippen LogP contribution in [0.2, 0.25) is 0 Å². The second kappa shape index (κ2) is 8.71. The maximum absolute atomic E-state index is 5.73. The van der Waals surface area contributed by atoms with Gasteiger partial charge in [-0.1, -0.05) is 24.3 Å². The average Bonchev–Trinajstić information content (AvgIpc) is 3.29. The first-order valence-electron chi connectivity index (χ1n) is 9.55. The van der Waals surface area contributed by atoms with E-state index in [-0.39, 0.29) is 12.1 Å². The number of para-hydroxylation sites is 1. The Morgan fingerprint density at radius 1 is 1.14 bits per heavy atom. The van der Waals surface area contributed by atoms with Crippen molar-refractivity contribution < 1.29 is 0 Å². The van der Waals surface area contributed by atoms with Crippen molar-refractivity contribution >= 4 is 34.4 Å². The fourth-order valence-electron chi connectivity index (χ4n) is 3.66. The van der Waals surface area contributed by atoms with Crippen LogP contribution in [0.25, 0.3) is 0 Å². The zero-order valence-electron chi connectivity index (χ0n) is 15.8. The molecule has 4 rings (SSSR count). The van der Waals surface area contributed by atoms with E-state index in [9.17, 15) is 0 Å². The molecule has 2 aromatic heterocycles. The minimum absolute atomic E-state index is 0.0770. The lowest BCUT2D eigenvalue weighted by molar-refractivity contribution is 0.320. The first-order valence-corrected chi connectivity index (χ1v) is 10.8. The molecule has 1 saturated heterocycles. The van der Waals surface area contributed by atoms with Gasteiger partial charge < -0.3 is 15.5 Å². The number of rotatable bonds is 7. The van der Waals surface area contributed by atoms with Crippen LogP contribution in [0.15, 0.2) is 66.2 Å². The third-order valence-corrected chi connectivity index (χ3v) is 6.49. The number of nitrogens with one attached hydrogen (secondary N) is 2. The van der Waals surface area contributed by atoms with Crippen molar-refractivity contribution in [2.45, 2.75) is 25.4 Å². The van der Waals surface area contributed by atoms with Gasteiger partial charge in [-0.15, -0.1) is 11.3 Å². The zero-order valence-corrected chi connectivity index (χ0v) is 17.5. The van der Waals surface area contributed by atoms with Crippen LogP contribution < -0.4 is 10.6 Å². The molecule has 2 atom stereocenters. The molecule has 3 heterocycles. The van der Waals surface area contributed by atoms with Gasteiger partial charge in [-0.25, -0.2) is 0 Å². The minimum atomic E-state index is 0.0770. The minimum Gasteiger partial charge on any atom is -0.385 e. The number of anilines is 1. The van der Waals surface area contributed by atoms with Gasteiger partial charge in [0.1, 0.15) is 0 Å². The molecule has 28 heavy (non-hydrogen) atoms. The van der Waals surface area contributed by atoms with Crippen LogP contribution in [0.3, 0.4) is 0 Å². The Morgan fingerprint density at radius 2 is 1.96 bits per heavy atom. The molecule has 0 radical (unpaired) electrons. The average molecular weight is 409 g/mol. The van der Waals surface area contributed by atoms with Crippen LogP contribution >= 0.6 is 23.6 Å². The lowest BCUT2D eigenvalue weighted by atomic mass is 10.0. The number of thiocarbonyl (C=S) groups is 1. The van der Waals surface area contributed by atoms with Gasteiger partial charge in [0.05, 0.1) is 17.8 Å². The van der Waals surface area contributed by atoms with Crippen LogP contribution in [0.1, 0.15) is 34.6 Å². The second-order valence-corrected chi connectivity index (χ2v) is 8.27. The maximum atomic E-state index is 5.73. The number of pyridine rings is 1. The van der Waals surface area contributed by atoms with Gasteiger partial charge in [0, 0.05) is 29.9 Å². The van der Waals surface area contributed by atoms with E-state index in [0.717, 1.165) is 36.0 Å². The molecule has 1 fully saturated rings. The van der Waals surface area contributed by atoms with Gasteiger partial charge in [-0.2, -0.15) is 0 Å². The number of aryl methyl sites for hydroxylation is 1. The number of hydrogen-bond acceptors (Lipinski definition) is 4. The lowest BCUT2D eigenvalue weighted by Crippen LogP contribution is -2.31. The molecule has 0 spiro atoms. The van der Waals surface area contributed by atoms with E-state index in [1.54, 1.807) is 11.3 Å². The summed E-state index contributed by atoms with van der Waals surface area (Å²) < 4.78 is 0. The van der Waals surface area contributed by atoms with Gasteiger partial charge in [-0.05, 0) is 66.8 Å². The summed E-state index contributed by atoms with van der Waals surface area (Å²) in [4.78, 5) is 8.29. The largest absolute Gasteiger partial charge is 0.385 e. The third-order valence-electron chi connectivity index (χ3n) is 5.05. The number of benzene rings is 1. The fraction of sp³-hybridized carbons (Fsp3) is 0.273. The molecule has 144 valence electrons. The molecular formula is C22H24N4S2. The molecule has 1 aliphatic rings. The highest BCUT2D eigenvalue weighted by molar-refractivity contribution is 7.80. The molecule has 0 saturated carbocycles. The molecule has 3 aromatic rings. The Balaban J connectivity index is 1.50. The van der Waals surface area contributed by atoms with Crippen LogP contribution in [0.5, 0.6) is 0 Å². The monoisotopic (exact) mass is 408 g/mol. The molecule has 0 amide bonds. The fourth-order valence-corrected chi connectivity index (χ4v) is 5.06. The lowest BCUT2D eigenvalue weighted by Gasteiger charge is -2.27. The smallest absolute Gasteiger partial charge is 0.170 e. The summed E-state index contributed by atoms with van der Waals surface area (Å²) in [7, 11) is 0. The normalized spacial score (nSPS) is 18.9. The summed E-state index contributed by atoms with van der Waals surface area (Å²) >= 11 is 7.53. The van der Waals surface area contributed by atoms with E-state index in [2.05, 4.69) is 69.2 Å². The van der Waals surface area contributed by atoms with E-state index in [1.807, 2.05) is 24.4 Å². The highest BCUT2D eigenvalue weighted by Crippen LogP contribution is 2.41. The first kappa shape index (κ1) is 18.9. The van der Waals surface area contributed by atoms with E-state index < -0.39 is 0 Å². The summed E-state index contributed by atoms with van der Waals surface area (Å²) in [5, 5.41) is 9.99. The Kier molecular flexibility index (Phi) is 5.88. The summed E-state index contributed by atoms with van der Waals surface area (Å²) in [6, 6.07) is 18.8.